The molecular formula is C14H10N4O2. The van der Waals surface area contributed by atoms with Crippen molar-refractivity contribution in [3.05, 3.63) is 54.6 Å². The van der Waals surface area contributed by atoms with E-state index < -0.39 is 5.91 Å². The first kappa shape index (κ1) is 12.0. The van der Waals surface area contributed by atoms with Crippen molar-refractivity contribution in [2.45, 2.75) is 0 Å². The number of phenols is 1. The van der Waals surface area contributed by atoms with Crippen LogP contribution in [-0.2, 0) is 0 Å². The van der Waals surface area contributed by atoms with Gasteiger partial charge in [-0.1, -0.05) is 12.1 Å². The number of anilines is 1. The summed E-state index contributed by atoms with van der Waals surface area (Å²) in [6.07, 6.45) is 4.30. The number of aromatic hydroxyl groups is 1. The minimum atomic E-state index is -0.402. The number of rotatable bonds is 2. The summed E-state index contributed by atoms with van der Waals surface area (Å²) >= 11 is 0. The van der Waals surface area contributed by atoms with Crippen LogP contribution in [0.3, 0.4) is 0 Å². The fourth-order valence-electron chi connectivity index (χ4n) is 1.80. The smallest absolute Gasteiger partial charge is 0.277 e. The topological polar surface area (TPSA) is 88.0 Å². The van der Waals surface area contributed by atoms with Crippen molar-refractivity contribution in [1.29, 1.82) is 0 Å². The molecule has 0 saturated carbocycles. The number of aromatic nitrogens is 3. The first-order valence-electron chi connectivity index (χ1n) is 5.90. The number of amides is 1. The van der Waals surface area contributed by atoms with Crippen LogP contribution in [0.15, 0.2) is 48.9 Å². The van der Waals surface area contributed by atoms with E-state index in [-0.39, 0.29) is 11.4 Å². The number of para-hydroxylation sites is 1. The fourth-order valence-corrected chi connectivity index (χ4v) is 1.80. The van der Waals surface area contributed by atoms with E-state index in [2.05, 4.69) is 20.3 Å². The largest absolute Gasteiger partial charge is 0.506 e. The number of carbonyl (C=O) groups is 1. The van der Waals surface area contributed by atoms with E-state index in [1.165, 1.54) is 18.6 Å². The first-order chi connectivity index (χ1) is 9.74. The molecule has 6 nitrogen and oxygen atoms in total. The molecule has 2 heterocycles. The average molecular weight is 266 g/mol. The third kappa shape index (κ3) is 2.26. The van der Waals surface area contributed by atoms with E-state index in [1.807, 2.05) is 6.07 Å². The highest BCUT2D eigenvalue weighted by Gasteiger charge is 2.09. The van der Waals surface area contributed by atoms with E-state index in [4.69, 9.17) is 0 Å². The van der Waals surface area contributed by atoms with Gasteiger partial charge in [0.1, 0.15) is 22.8 Å². The van der Waals surface area contributed by atoms with Gasteiger partial charge in [0.25, 0.3) is 5.91 Å². The van der Waals surface area contributed by atoms with Crippen LogP contribution in [0.2, 0.25) is 0 Å². The Morgan fingerprint density at radius 2 is 2.05 bits per heavy atom. The first-order valence-corrected chi connectivity index (χ1v) is 5.90. The minimum absolute atomic E-state index is 0.0677. The Balaban J connectivity index is 1.92. The zero-order valence-electron chi connectivity index (χ0n) is 10.3. The SMILES string of the molecule is O=C(Nc1ccc2cccc(O)c2n1)c1cnccn1. The van der Waals surface area contributed by atoms with Gasteiger partial charge in [-0.2, -0.15) is 0 Å². The van der Waals surface area contributed by atoms with Crippen molar-refractivity contribution in [2.75, 3.05) is 5.32 Å². The van der Waals surface area contributed by atoms with Gasteiger partial charge in [0.15, 0.2) is 0 Å². The molecule has 0 saturated heterocycles. The molecule has 3 rings (SSSR count). The summed E-state index contributed by atoms with van der Waals surface area (Å²) in [6, 6.07) is 8.54. The number of nitrogens with zero attached hydrogens (tertiary/aromatic N) is 3. The molecule has 1 aromatic carbocycles. The highest BCUT2D eigenvalue weighted by Crippen LogP contribution is 2.23. The van der Waals surface area contributed by atoms with Crippen LogP contribution >= 0.6 is 0 Å². The maximum Gasteiger partial charge on any atom is 0.277 e. The van der Waals surface area contributed by atoms with Crippen LogP contribution in [-0.4, -0.2) is 26.0 Å². The van der Waals surface area contributed by atoms with Gasteiger partial charge >= 0.3 is 0 Å². The van der Waals surface area contributed by atoms with E-state index in [0.717, 1.165) is 5.39 Å². The molecule has 0 bridgehead atoms. The van der Waals surface area contributed by atoms with Crippen LogP contribution in [0.1, 0.15) is 10.5 Å². The van der Waals surface area contributed by atoms with Crippen LogP contribution in [0.25, 0.3) is 10.9 Å². The lowest BCUT2D eigenvalue weighted by Crippen LogP contribution is -2.14. The second-order valence-corrected chi connectivity index (χ2v) is 4.09. The van der Waals surface area contributed by atoms with E-state index >= 15 is 0 Å². The van der Waals surface area contributed by atoms with Gasteiger partial charge in [-0.05, 0) is 18.2 Å². The normalized spacial score (nSPS) is 10.4. The molecule has 20 heavy (non-hydrogen) atoms. The van der Waals surface area contributed by atoms with Crippen molar-refractivity contribution in [1.82, 2.24) is 15.0 Å². The highest BCUT2D eigenvalue weighted by molar-refractivity contribution is 6.02. The lowest BCUT2D eigenvalue weighted by molar-refractivity contribution is 0.102. The lowest BCUT2D eigenvalue weighted by atomic mass is 10.2. The molecule has 2 aromatic heterocycles. The van der Waals surface area contributed by atoms with Crippen molar-refractivity contribution in [2.24, 2.45) is 0 Å². The van der Waals surface area contributed by atoms with Crippen LogP contribution in [0.5, 0.6) is 5.75 Å². The number of benzene rings is 1. The van der Waals surface area contributed by atoms with Gasteiger partial charge in [0, 0.05) is 17.8 Å². The molecule has 0 atom stereocenters. The minimum Gasteiger partial charge on any atom is -0.506 e. The maximum absolute atomic E-state index is 11.9. The number of fused-ring (bicyclic) bond motifs is 1. The van der Waals surface area contributed by atoms with Gasteiger partial charge in [-0.15, -0.1) is 0 Å². The van der Waals surface area contributed by atoms with E-state index in [9.17, 15) is 9.90 Å². The number of nitrogens with one attached hydrogen (secondary N) is 1. The molecule has 3 aromatic rings. The predicted molar refractivity (Wildman–Crippen MR) is 73.4 cm³/mol. The summed E-state index contributed by atoms with van der Waals surface area (Å²) in [6.45, 7) is 0. The number of hydrogen-bond acceptors (Lipinski definition) is 5. The number of carbonyl (C=O) groups excluding carboxylic acids is 1. The summed E-state index contributed by atoms with van der Waals surface area (Å²) < 4.78 is 0. The van der Waals surface area contributed by atoms with Gasteiger partial charge in [0.05, 0.1) is 6.20 Å². The van der Waals surface area contributed by atoms with Crippen molar-refractivity contribution in [3.8, 4) is 5.75 Å². The number of pyridine rings is 1. The second-order valence-electron chi connectivity index (χ2n) is 4.09. The molecule has 0 spiro atoms. The summed E-state index contributed by atoms with van der Waals surface area (Å²) in [5.74, 6) is 0.00752. The molecule has 0 aliphatic heterocycles. The Hall–Kier alpha value is -3.02. The van der Waals surface area contributed by atoms with Gasteiger partial charge < -0.3 is 10.4 Å². The quantitative estimate of drug-likeness (QED) is 0.740. The summed E-state index contributed by atoms with van der Waals surface area (Å²) in [5, 5.41) is 13.2. The number of phenolic OH excluding ortho intramolecular Hbond substituents is 1. The van der Waals surface area contributed by atoms with E-state index in [1.54, 1.807) is 24.3 Å². The summed E-state index contributed by atoms with van der Waals surface area (Å²) in [7, 11) is 0. The summed E-state index contributed by atoms with van der Waals surface area (Å²) in [4.78, 5) is 23.9. The van der Waals surface area contributed by atoms with Gasteiger partial charge in [0.2, 0.25) is 0 Å². The van der Waals surface area contributed by atoms with Crippen LogP contribution < -0.4 is 5.32 Å². The molecule has 0 fully saturated rings. The Kier molecular flexibility index (Phi) is 2.96. The Bertz CT molecular complexity index is 774. The Labute approximate surface area is 114 Å². The lowest BCUT2D eigenvalue weighted by Gasteiger charge is -2.05. The molecular weight excluding hydrogens is 256 g/mol. The third-order valence-corrected chi connectivity index (χ3v) is 2.74. The molecule has 6 heteroatoms. The highest BCUT2D eigenvalue weighted by atomic mass is 16.3. The van der Waals surface area contributed by atoms with Crippen LogP contribution in [0, 0.1) is 0 Å². The molecule has 98 valence electrons. The zero-order chi connectivity index (χ0) is 13.9. The van der Waals surface area contributed by atoms with Gasteiger partial charge in [-0.25, -0.2) is 9.97 Å². The second kappa shape index (κ2) is 4.93. The fraction of sp³-hybridized carbons (Fsp3) is 0. The summed E-state index contributed by atoms with van der Waals surface area (Å²) in [5.41, 5.74) is 0.635. The standard InChI is InChI=1S/C14H10N4O2/c19-11-3-1-2-9-4-5-12(17-13(9)11)18-14(20)10-8-15-6-7-16-10/h1-8,19H,(H,17,18,20). The molecule has 0 radical (unpaired) electrons. The number of hydrogen-bond donors (Lipinski definition) is 2. The van der Waals surface area contributed by atoms with Crippen LogP contribution in [0.4, 0.5) is 5.82 Å². The molecule has 2 N–H and O–H groups in total. The maximum atomic E-state index is 11.9. The third-order valence-electron chi connectivity index (χ3n) is 2.74. The monoisotopic (exact) mass is 266 g/mol. The molecule has 0 unspecified atom stereocenters. The molecule has 1 amide bonds. The Morgan fingerprint density at radius 1 is 1.15 bits per heavy atom. The van der Waals surface area contributed by atoms with Crippen molar-refractivity contribution in [3.63, 3.8) is 0 Å². The molecule has 0 aliphatic rings. The average Bonchev–Trinajstić information content (AvgIpc) is 2.49. The van der Waals surface area contributed by atoms with Gasteiger partial charge in [-0.3, -0.25) is 9.78 Å². The van der Waals surface area contributed by atoms with E-state index in [0.29, 0.717) is 11.3 Å². The van der Waals surface area contributed by atoms with Crippen molar-refractivity contribution < 1.29 is 9.90 Å². The van der Waals surface area contributed by atoms with Crippen molar-refractivity contribution >= 4 is 22.6 Å². The predicted octanol–water partition coefficient (Wildman–Crippen LogP) is 1.98. The molecule has 0 aliphatic carbocycles. The zero-order valence-corrected chi connectivity index (χ0v) is 10.3. The Morgan fingerprint density at radius 3 is 2.85 bits per heavy atom.